The van der Waals surface area contributed by atoms with Crippen molar-refractivity contribution in [3.8, 4) is 5.75 Å². The molecule has 1 aromatic carbocycles. The number of benzene rings is 1. The number of hydrogen-bond acceptors (Lipinski definition) is 4. The van der Waals surface area contributed by atoms with Crippen LogP contribution >= 0.6 is 11.6 Å². The number of anilines is 1. The number of carbonyl (C=O) groups excluding carboxylic acids is 1. The van der Waals surface area contributed by atoms with Gasteiger partial charge in [-0.3, -0.25) is 14.4 Å². The number of fused-ring (bicyclic) bond motifs is 1. The highest BCUT2D eigenvalue weighted by Crippen LogP contribution is 2.23. The molecule has 2 N–H and O–H groups in total. The molecule has 164 valence electrons. The van der Waals surface area contributed by atoms with E-state index in [1.54, 1.807) is 30.6 Å². The van der Waals surface area contributed by atoms with E-state index < -0.39 is 16.7 Å². The third kappa shape index (κ3) is 4.66. The van der Waals surface area contributed by atoms with E-state index >= 15 is 0 Å². The maximum absolute atomic E-state index is 12.9. The molecule has 2 heterocycles. The first-order valence-corrected chi connectivity index (χ1v) is 10.5. The lowest BCUT2D eigenvalue weighted by molar-refractivity contribution is -0.122. The lowest BCUT2D eigenvalue weighted by Crippen LogP contribution is -2.33. The Morgan fingerprint density at radius 2 is 1.81 bits per heavy atom. The van der Waals surface area contributed by atoms with Crippen LogP contribution in [0.2, 0.25) is 5.02 Å². The highest BCUT2D eigenvalue weighted by molar-refractivity contribution is 6.30. The average Bonchev–Trinajstić information content (AvgIpc) is 2.67. The summed E-state index contributed by atoms with van der Waals surface area (Å²) in [7, 11) is 0. The molecule has 2 aromatic heterocycles. The molecule has 7 nitrogen and oxygen atoms in total. The quantitative estimate of drug-likeness (QED) is 0.607. The topological polar surface area (TPSA) is 92.8 Å². The molecule has 0 spiro atoms. The number of halogens is 1. The van der Waals surface area contributed by atoms with Gasteiger partial charge in [-0.05, 0) is 29.5 Å². The molecule has 3 aromatic rings. The Kier molecular flexibility index (Phi) is 6.55. The molecular formula is C23H26ClN3O4. The second kappa shape index (κ2) is 8.98. The Labute approximate surface area is 184 Å². The van der Waals surface area contributed by atoms with Crippen LogP contribution in [0.4, 0.5) is 5.69 Å². The highest BCUT2D eigenvalue weighted by atomic mass is 35.5. The van der Waals surface area contributed by atoms with Crippen LogP contribution in [-0.2, 0) is 11.3 Å². The van der Waals surface area contributed by atoms with E-state index in [0.29, 0.717) is 5.02 Å². The summed E-state index contributed by atoms with van der Waals surface area (Å²) in [6, 6.07) is 7.08. The largest absolute Gasteiger partial charge is 0.502 e. The summed E-state index contributed by atoms with van der Waals surface area (Å²) in [5.41, 5.74) is -0.748. The number of nitrogens with zero attached hydrogens (tertiary/aromatic N) is 2. The summed E-state index contributed by atoms with van der Waals surface area (Å²) in [4.78, 5) is 38.4. The lowest BCUT2D eigenvalue weighted by atomic mass is 9.85. The summed E-state index contributed by atoms with van der Waals surface area (Å²) in [5, 5.41) is 13.7. The van der Waals surface area contributed by atoms with Crippen molar-refractivity contribution in [2.24, 2.45) is 17.8 Å². The minimum Gasteiger partial charge on any atom is -0.502 e. The van der Waals surface area contributed by atoms with E-state index in [9.17, 15) is 19.5 Å². The number of aromatic nitrogens is 2. The summed E-state index contributed by atoms with van der Waals surface area (Å²) in [6.45, 7) is 8.00. The Morgan fingerprint density at radius 1 is 1.13 bits per heavy atom. The van der Waals surface area contributed by atoms with Gasteiger partial charge < -0.3 is 19.4 Å². The maximum atomic E-state index is 12.9. The Hall–Kier alpha value is -3.06. The summed E-state index contributed by atoms with van der Waals surface area (Å²) >= 11 is 6.00. The van der Waals surface area contributed by atoms with Gasteiger partial charge in [0.1, 0.15) is 5.69 Å². The van der Waals surface area contributed by atoms with Crippen LogP contribution in [0.5, 0.6) is 5.75 Å². The summed E-state index contributed by atoms with van der Waals surface area (Å²) in [5.74, 6) is -1.14. The van der Waals surface area contributed by atoms with Gasteiger partial charge in [0, 0.05) is 29.5 Å². The average molecular weight is 444 g/mol. The highest BCUT2D eigenvalue weighted by Gasteiger charge is 2.27. The maximum Gasteiger partial charge on any atom is 0.279 e. The van der Waals surface area contributed by atoms with E-state index in [1.807, 2.05) is 33.8 Å². The van der Waals surface area contributed by atoms with Gasteiger partial charge in [0.05, 0.1) is 6.54 Å². The second-order valence-electron chi connectivity index (χ2n) is 8.34. The normalized spacial score (nSPS) is 11.6. The molecule has 0 bridgehead atoms. The SMILES string of the molecule is CC(C)C(C(=O)Nc1cn2ccn(Cc3cccc(Cl)c3)c(=O)c2c(O)c1=O)C(C)C. The van der Waals surface area contributed by atoms with Crippen molar-refractivity contribution in [1.82, 2.24) is 8.97 Å². The van der Waals surface area contributed by atoms with Crippen molar-refractivity contribution in [2.45, 2.75) is 34.2 Å². The predicted octanol–water partition coefficient (Wildman–Crippen LogP) is 3.74. The number of rotatable bonds is 6. The second-order valence-corrected chi connectivity index (χ2v) is 8.78. The van der Waals surface area contributed by atoms with Crippen LogP contribution in [0.25, 0.3) is 5.52 Å². The molecule has 0 saturated heterocycles. The van der Waals surface area contributed by atoms with Crippen LogP contribution in [0.1, 0.15) is 33.3 Å². The first-order valence-electron chi connectivity index (χ1n) is 10.1. The van der Waals surface area contributed by atoms with Crippen molar-refractivity contribution in [1.29, 1.82) is 0 Å². The zero-order valence-electron chi connectivity index (χ0n) is 17.9. The van der Waals surface area contributed by atoms with E-state index in [4.69, 9.17) is 11.6 Å². The van der Waals surface area contributed by atoms with Gasteiger partial charge in [-0.25, -0.2) is 0 Å². The first-order chi connectivity index (χ1) is 14.6. The van der Waals surface area contributed by atoms with Gasteiger partial charge in [0.15, 0.2) is 11.3 Å². The van der Waals surface area contributed by atoms with Crippen molar-refractivity contribution in [3.05, 3.63) is 74.0 Å². The van der Waals surface area contributed by atoms with E-state index in [2.05, 4.69) is 5.32 Å². The van der Waals surface area contributed by atoms with Gasteiger partial charge in [-0.2, -0.15) is 0 Å². The predicted molar refractivity (Wildman–Crippen MR) is 122 cm³/mol. The number of hydrogen-bond donors (Lipinski definition) is 2. The van der Waals surface area contributed by atoms with E-state index in [0.717, 1.165) is 5.56 Å². The fourth-order valence-corrected chi connectivity index (χ4v) is 4.15. The number of amides is 1. The minimum atomic E-state index is -0.794. The Balaban J connectivity index is 2.02. The smallest absolute Gasteiger partial charge is 0.279 e. The number of pyridine rings is 1. The molecule has 8 heteroatoms. The molecule has 0 aliphatic rings. The molecule has 0 unspecified atom stereocenters. The number of aromatic hydroxyl groups is 1. The van der Waals surface area contributed by atoms with Crippen molar-refractivity contribution in [3.63, 3.8) is 0 Å². The number of carbonyl (C=O) groups is 1. The molecule has 3 rings (SSSR count). The van der Waals surface area contributed by atoms with Crippen molar-refractivity contribution >= 4 is 28.7 Å². The molecule has 31 heavy (non-hydrogen) atoms. The van der Waals surface area contributed by atoms with Crippen LogP contribution in [0, 0.1) is 17.8 Å². The summed E-state index contributed by atoms with van der Waals surface area (Å²) in [6.07, 6.45) is 4.47. The van der Waals surface area contributed by atoms with Crippen LogP contribution in [-0.4, -0.2) is 20.0 Å². The fourth-order valence-electron chi connectivity index (χ4n) is 3.94. The Bertz CT molecular complexity index is 1240. The minimum absolute atomic E-state index is 0.0710. The zero-order chi connectivity index (χ0) is 22.9. The van der Waals surface area contributed by atoms with Crippen molar-refractivity contribution < 1.29 is 9.90 Å². The fraction of sp³-hybridized carbons (Fsp3) is 0.348. The molecule has 1 amide bonds. The van der Waals surface area contributed by atoms with Crippen LogP contribution in [0.3, 0.4) is 0 Å². The van der Waals surface area contributed by atoms with Gasteiger partial charge in [-0.1, -0.05) is 51.4 Å². The molecule has 0 atom stereocenters. The monoisotopic (exact) mass is 443 g/mol. The number of nitrogens with one attached hydrogen (secondary N) is 1. The van der Waals surface area contributed by atoms with E-state index in [-0.39, 0.29) is 41.4 Å². The molecule has 0 aliphatic carbocycles. The molecule has 0 radical (unpaired) electrons. The van der Waals surface area contributed by atoms with Gasteiger partial charge in [-0.15, -0.1) is 0 Å². The molecule has 0 fully saturated rings. The van der Waals surface area contributed by atoms with Crippen molar-refractivity contribution in [2.75, 3.05) is 5.32 Å². The molecule has 0 saturated carbocycles. The summed E-state index contributed by atoms with van der Waals surface area (Å²) < 4.78 is 2.73. The lowest BCUT2D eigenvalue weighted by Gasteiger charge is -2.23. The first kappa shape index (κ1) is 22.6. The van der Waals surface area contributed by atoms with Gasteiger partial charge in [0.25, 0.3) is 5.56 Å². The van der Waals surface area contributed by atoms with E-state index in [1.165, 1.54) is 15.2 Å². The Morgan fingerprint density at radius 3 is 2.42 bits per heavy atom. The van der Waals surface area contributed by atoms with Crippen LogP contribution < -0.4 is 16.3 Å². The van der Waals surface area contributed by atoms with Gasteiger partial charge in [0.2, 0.25) is 11.3 Å². The van der Waals surface area contributed by atoms with Gasteiger partial charge >= 0.3 is 0 Å². The molecular weight excluding hydrogens is 418 g/mol. The molecule has 0 aliphatic heterocycles. The third-order valence-corrected chi connectivity index (χ3v) is 5.56. The van der Waals surface area contributed by atoms with Crippen LogP contribution in [0.15, 0.2) is 52.4 Å². The standard InChI is InChI=1S/C23H26ClN3O4/c1-13(2)18(14(3)4)22(30)25-17-12-26-8-9-27(11-15-6-5-7-16(24)10-15)23(31)19(26)21(29)20(17)28/h5-10,12-14,18,29H,11H2,1-4H3,(H,25,30). The third-order valence-electron chi connectivity index (χ3n) is 5.32. The zero-order valence-corrected chi connectivity index (χ0v) is 18.7.